The van der Waals surface area contributed by atoms with E-state index in [2.05, 4.69) is 5.32 Å². The third kappa shape index (κ3) is 5.19. The number of nitrogens with zero attached hydrogens (tertiary/aromatic N) is 2. The van der Waals surface area contributed by atoms with E-state index in [0.717, 1.165) is 4.90 Å². The van der Waals surface area contributed by atoms with Crippen LogP contribution in [0.15, 0.2) is 23.1 Å². The van der Waals surface area contributed by atoms with Gasteiger partial charge in [-0.1, -0.05) is 23.2 Å². The molecule has 23 heavy (non-hydrogen) atoms. The second kappa shape index (κ2) is 8.66. The van der Waals surface area contributed by atoms with Gasteiger partial charge < -0.3 is 15.1 Å². The van der Waals surface area contributed by atoms with Gasteiger partial charge in [0, 0.05) is 42.6 Å². The molecule has 0 saturated carbocycles. The third-order valence-electron chi connectivity index (χ3n) is 3.49. The molecule has 126 valence electrons. The number of halogens is 2. The Morgan fingerprint density at radius 1 is 1.17 bits per heavy atom. The summed E-state index contributed by atoms with van der Waals surface area (Å²) in [6, 6.07) is 5.13. The van der Waals surface area contributed by atoms with Gasteiger partial charge in [-0.05, 0) is 25.1 Å². The molecule has 1 N–H and O–H groups in total. The number of piperazine rings is 1. The summed E-state index contributed by atoms with van der Waals surface area (Å²) in [6.45, 7) is 4.71. The topological polar surface area (TPSA) is 52.7 Å². The molecule has 3 amide bonds. The molecule has 5 nitrogen and oxygen atoms in total. The van der Waals surface area contributed by atoms with Crippen molar-refractivity contribution in [2.45, 2.75) is 11.8 Å². The van der Waals surface area contributed by atoms with Crippen LogP contribution in [-0.4, -0.2) is 60.2 Å². The standard InChI is InChI=1S/C15H19Cl2N3O2S/c1-2-18-15(22)20-7-5-19(6-8-20)14(21)10-23-13-9-11(16)3-4-12(13)17/h3-4,9H,2,5-8,10H2,1H3,(H,18,22). The molecular weight excluding hydrogens is 357 g/mol. The highest BCUT2D eigenvalue weighted by molar-refractivity contribution is 8.00. The molecule has 1 heterocycles. The molecule has 0 aliphatic carbocycles. The van der Waals surface area contributed by atoms with Gasteiger partial charge in [-0.2, -0.15) is 0 Å². The Hall–Kier alpha value is -1.11. The van der Waals surface area contributed by atoms with Crippen molar-refractivity contribution in [2.75, 3.05) is 38.5 Å². The molecular formula is C15H19Cl2N3O2S. The van der Waals surface area contributed by atoms with Gasteiger partial charge in [-0.25, -0.2) is 4.79 Å². The minimum atomic E-state index is -0.0697. The fraction of sp³-hybridized carbons (Fsp3) is 0.467. The van der Waals surface area contributed by atoms with Crippen molar-refractivity contribution in [1.82, 2.24) is 15.1 Å². The van der Waals surface area contributed by atoms with Gasteiger partial charge in [-0.3, -0.25) is 4.79 Å². The fourth-order valence-electron chi connectivity index (χ4n) is 2.24. The first-order valence-electron chi connectivity index (χ1n) is 7.39. The van der Waals surface area contributed by atoms with Crippen molar-refractivity contribution in [3.05, 3.63) is 28.2 Å². The molecule has 0 radical (unpaired) electrons. The Labute approximate surface area is 150 Å². The lowest BCUT2D eigenvalue weighted by Crippen LogP contribution is -2.53. The van der Waals surface area contributed by atoms with E-state index in [0.29, 0.717) is 48.5 Å². The van der Waals surface area contributed by atoms with Crippen LogP contribution < -0.4 is 5.32 Å². The number of nitrogens with one attached hydrogen (secondary N) is 1. The molecule has 2 rings (SSSR count). The molecule has 0 spiro atoms. The maximum Gasteiger partial charge on any atom is 0.317 e. The lowest BCUT2D eigenvalue weighted by Gasteiger charge is -2.34. The smallest absolute Gasteiger partial charge is 0.317 e. The molecule has 0 atom stereocenters. The van der Waals surface area contributed by atoms with Gasteiger partial charge in [0.25, 0.3) is 0 Å². The van der Waals surface area contributed by atoms with Crippen molar-refractivity contribution < 1.29 is 9.59 Å². The van der Waals surface area contributed by atoms with E-state index in [1.165, 1.54) is 11.8 Å². The molecule has 1 fully saturated rings. The van der Waals surface area contributed by atoms with Crippen LogP contribution in [0, 0.1) is 0 Å². The molecule has 1 aliphatic rings. The Balaban J connectivity index is 1.81. The molecule has 1 aliphatic heterocycles. The highest BCUT2D eigenvalue weighted by atomic mass is 35.5. The van der Waals surface area contributed by atoms with Crippen LogP contribution in [0.25, 0.3) is 0 Å². The zero-order valence-corrected chi connectivity index (χ0v) is 15.2. The lowest BCUT2D eigenvalue weighted by atomic mass is 10.3. The van der Waals surface area contributed by atoms with E-state index in [1.807, 2.05) is 6.92 Å². The number of thioether (sulfide) groups is 1. The number of benzene rings is 1. The zero-order valence-electron chi connectivity index (χ0n) is 12.8. The second-order valence-electron chi connectivity index (χ2n) is 5.07. The van der Waals surface area contributed by atoms with Crippen molar-refractivity contribution in [3.8, 4) is 0 Å². The number of urea groups is 1. The SMILES string of the molecule is CCNC(=O)N1CCN(C(=O)CSc2cc(Cl)ccc2Cl)CC1. The van der Waals surface area contributed by atoms with Gasteiger partial charge in [0.15, 0.2) is 0 Å². The van der Waals surface area contributed by atoms with Crippen molar-refractivity contribution in [3.63, 3.8) is 0 Å². The van der Waals surface area contributed by atoms with Crippen LogP contribution in [0.3, 0.4) is 0 Å². The van der Waals surface area contributed by atoms with Crippen LogP contribution in [0.2, 0.25) is 10.0 Å². The van der Waals surface area contributed by atoms with Gasteiger partial charge >= 0.3 is 6.03 Å². The first-order valence-corrected chi connectivity index (χ1v) is 9.13. The lowest BCUT2D eigenvalue weighted by molar-refractivity contribution is -0.129. The summed E-state index contributed by atoms with van der Waals surface area (Å²) in [5, 5.41) is 3.96. The van der Waals surface area contributed by atoms with E-state index >= 15 is 0 Å². The zero-order chi connectivity index (χ0) is 16.8. The largest absolute Gasteiger partial charge is 0.338 e. The van der Waals surface area contributed by atoms with E-state index in [-0.39, 0.29) is 11.9 Å². The van der Waals surface area contributed by atoms with E-state index in [1.54, 1.807) is 28.0 Å². The predicted octanol–water partition coefficient (Wildman–Crippen LogP) is 2.96. The van der Waals surface area contributed by atoms with Crippen LogP contribution in [0.5, 0.6) is 0 Å². The average molecular weight is 376 g/mol. The van der Waals surface area contributed by atoms with E-state index in [9.17, 15) is 9.59 Å². The first-order chi connectivity index (χ1) is 11.0. The molecule has 1 saturated heterocycles. The number of amides is 3. The molecule has 1 aromatic rings. The monoisotopic (exact) mass is 375 g/mol. The average Bonchev–Trinajstić information content (AvgIpc) is 2.55. The van der Waals surface area contributed by atoms with E-state index < -0.39 is 0 Å². The summed E-state index contributed by atoms with van der Waals surface area (Å²) in [5.74, 6) is 0.350. The molecule has 0 aromatic heterocycles. The highest BCUT2D eigenvalue weighted by Gasteiger charge is 2.23. The fourth-order valence-corrected chi connectivity index (χ4v) is 3.64. The number of hydrogen-bond acceptors (Lipinski definition) is 3. The number of carbonyl (C=O) groups is 2. The maximum absolute atomic E-state index is 12.3. The summed E-state index contributed by atoms with van der Waals surface area (Å²) in [5.41, 5.74) is 0. The summed E-state index contributed by atoms with van der Waals surface area (Å²) in [4.78, 5) is 28.3. The molecule has 1 aromatic carbocycles. The van der Waals surface area contributed by atoms with Crippen LogP contribution in [-0.2, 0) is 4.79 Å². The Bertz CT molecular complexity index is 578. The van der Waals surface area contributed by atoms with Crippen molar-refractivity contribution in [2.24, 2.45) is 0 Å². The summed E-state index contributed by atoms with van der Waals surface area (Å²) >= 11 is 13.4. The number of hydrogen-bond donors (Lipinski definition) is 1. The summed E-state index contributed by atoms with van der Waals surface area (Å²) in [7, 11) is 0. The summed E-state index contributed by atoms with van der Waals surface area (Å²) < 4.78 is 0. The minimum absolute atomic E-state index is 0.0431. The quantitative estimate of drug-likeness (QED) is 0.823. The highest BCUT2D eigenvalue weighted by Crippen LogP contribution is 2.30. The number of rotatable bonds is 4. The molecule has 8 heteroatoms. The van der Waals surface area contributed by atoms with Gasteiger partial charge in [-0.15, -0.1) is 11.8 Å². The predicted molar refractivity (Wildman–Crippen MR) is 94.4 cm³/mol. The Kier molecular flexibility index (Phi) is 6.87. The first kappa shape index (κ1) is 18.2. The number of carbonyl (C=O) groups excluding carboxylic acids is 2. The van der Waals surface area contributed by atoms with Gasteiger partial charge in [0.05, 0.1) is 10.8 Å². The van der Waals surface area contributed by atoms with Gasteiger partial charge in [0.1, 0.15) is 0 Å². The maximum atomic E-state index is 12.3. The third-order valence-corrected chi connectivity index (χ3v) is 5.21. The second-order valence-corrected chi connectivity index (χ2v) is 6.93. The van der Waals surface area contributed by atoms with Gasteiger partial charge in [0.2, 0.25) is 5.91 Å². The normalized spacial score (nSPS) is 14.7. The molecule has 0 unspecified atom stereocenters. The van der Waals surface area contributed by atoms with Crippen molar-refractivity contribution >= 4 is 46.9 Å². The van der Waals surface area contributed by atoms with E-state index in [4.69, 9.17) is 23.2 Å². The van der Waals surface area contributed by atoms with Crippen molar-refractivity contribution in [1.29, 1.82) is 0 Å². The summed E-state index contributed by atoms with van der Waals surface area (Å²) in [6.07, 6.45) is 0. The minimum Gasteiger partial charge on any atom is -0.338 e. The van der Waals surface area contributed by atoms with Crippen LogP contribution in [0.4, 0.5) is 4.79 Å². The Morgan fingerprint density at radius 2 is 1.83 bits per heavy atom. The molecule has 0 bridgehead atoms. The van der Waals surface area contributed by atoms with Crippen LogP contribution in [0.1, 0.15) is 6.92 Å². The Morgan fingerprint density at radius 3 is 2.48 bits per heavy atom. The van der Waals surface area contributed by atoms with Crippen LogP contribution >= 0.6 is 35.0 Å².